The summed E-state index contributed by atoms with van der Waals surface area (Å²) < 4.78 is 14.7. The van der Waals surface area contributed by atoms with Crippen molar-refractivity contribution in [3.05, 3.63) is 0 Å². The van der Waals surface area contributed by atoms with E-state index in [2.05, 4.69) is 29.3 Å². The van der Waals surface area contributed by atoms with Gasteiger partial charge in [-0.2, -0.15) is 14.7 Å². The average molecular weight is 426 g/mol. The van der Waals surface area contributed by atoms with Gasteiger partial charge in [0.1, 0.15) is 19.8 Å². The third-order valence-electron chi connectivity index (χ3n) is 2.54. The van der Waals surface area contributed by atoms with Crippen LogP contribution in [0.25, 0.3) is 0 Å². The van der Waals surface area contributed by atoms with E-state index in [1.165, 1.54) is 6.92 Å². The second kappa shape index (κ2) is 13.8. The van der Waals surface area contributed by atoms with Crippen LogP contribution < -0.4 is 0 Å². The van der Waals surface area contributed by atoms with Crippen LogP contribution in [0.1, 0.15) is 48.5 Å². The summed E-state index contributed by atoms with van der Waals surface area (Å²) in [7, 11) is 0. The molecule has 12 nitrogen and oxygen atoms in total. The summed E-state index contributed by atoms with van der Waals surface area (Å²) in [4.78, 5) is 61.9. The molecule has 0 aromatic heterocycles. The second-order valence-electron chi connectivity index (χ2n) is 7.11. The number of carbonyl (C=O) groups excluding carboxylic acids is 3. The molecule has 12 heteroatoms. The van der Waals surface area contributed by atoms with Gasteiger partial charge in [0.25, 0.3) is 0 Å². The highest BCUT2D eigenvalue weighted by atomic mass is 17.2. The molecule has 0 aliphatic heterocycles. The maximum Gasteiger partial charge on any atom is 0.540 e. The van der Waals surface area contributed by atoms with Gasteiger partial charge in [0.2, 0.25) is 0 Å². The second-order valence-corrected chi connectivity index (χ2v) is 7.11. The maximum atomic E-state index is 11.6. The van der Waals surface area contributed by atoms with E-state index in [0.717, 1.165) is 0 Å². The van der Waals surface area contributed by atoms with Crippen molar-refractivity contribution in [2.45, 2.75) is 66.8 Å². The Hall–Kier alpha value is -2.31. The molecule has 0 N–H and O–H groups in total. The quantitative estimate of drug-likeness (QED) is 0.196. The molecule has 29 heavy (non-hydrogen) atoms. The van der Waals surface area contributed by atoms with Crippen LogP contribution in [0.3, 0.4) is 0 Å². The predicted octanol–water partition coefficient (Wildman–Crippen LogP) is 3.47. The fourth-order valence-electron chi connectivity index (χ4n) is 1.30. The van der Waals surface area contributed by atoms with Crippen LogP contribution in [0, 0.1) is 5.41 Å². The van der Waals surface area contributed by atoms with Crippen molar-refractivity contribution in [3.8, 4) is 0 Å². The first-order chi connectivity index (χ1) is 13.4. The molecule has 170 valence electrons. The summed E-state index contributed by atoms with van der Waals surface area (Å²) in [6.45, 7) is 10.3. The molecule has 0 heterocycles. The van der Waals surface area contributed by atoms with Crippen LogP contribution in [-0.4, -0.2) is 56.6 Å². The number of ether oxygens (including phenoxy) is 3. The van der Waals surface area contributed by atoms with Gasteiger partial charge in [0, 0.05) is 0 Å². The first kappa shape index (κ1) is 26.7. The Balaban J connectivity index is 4.72. The van der Waals surface area contributed by atoms with Gasteiger partial charge in [0.05, 0.1) is 23.7 Å². The zero-order valence-corrected chi connectivity index (χ0v) is 17.8. The standard InChI is InChI=1S/C17H30O12/c1-11(2)24-27-14(18)21-8-17(7,9-22-15(19)28-25-12(3)4)10-23-16(20)29-26-13(5)6/h11-13H,8-10H2,1-7H3. The Bertz CT molecular complexity index is 433. The Morgan fingerprint density at radius 3 is 1.03 bits per heavy atom. The number of hydrogen-bond acceptors (Lipinski definition) is 12. The van der Waals surface area contributed by atoms with Crippen molar-refractivity contribution in [2.24, 2.45) is 5.41 Å². The Labute approximate surface area is 169 Å². The largest absolute Gasteiger partial charge is 0.540 e. The van der Waals surface area contributed by atoms with Crippen LogP contribution in [0.15, 0.2) is 0 Å². The Kier molecular flexibility index (Phi) is 12.7. The topological polar surface area (TPSA) is 134 Å². The maximum absolute atomic E-state index is 11.6. The van der Waals surface area contributed by atoms with E-state index in [1.54, 1.807) is 41.5 Å². The average Bonchev–Trinajstić information content (AvgIpc) is 2.64. The van der Waals surface area contributed by atoms with E-state index in [1.807, 2.05) is 0 Å². The summed E-state index contributed by atoms with van der Waals surface area (Å²) in [5, 5.41) is 0. The van der Waals surface area contributed by atoms with Gasteiger partial charge in [-0.1, -0.05) is 0 Å². The first-order valence-corrected chi connectivity index (χ1v) is 8.94. The lowest BCUT2D eigenvalue weighted by molar-refractivity contribution is -0.285. The van der Waals surface area contributed by atoms with Gasteiger partial charge in [-0.25, -0.2) is 14.4 Å². The molecule has 0 radical (unpaired) electrons. The molecule has 0 aliphatic carbocycles. The molecule has 0 atom stereocenters. The highest BCUT2D eigenvalue weighted by molar-refractivity contribution is 5.60. The minimum atomic E-state index is -1.18. The Morgan fingerprint density at radius 2 is 0.828 bits per heavy atom. The molecule has 0 bridgehead atoms. The Morgan fingerprint density at radius 1 is 0.586 bits per heavy atom. The van der Waals surface area contributed by atoms with Gasteiger partial charge in [-0.15, -0.1) is 0 Å². The van der Waals surface area contributed by atoms with Crippen molar-refractivity contribution < 1.29 is 57.9 Å². The van der Waals surface area contributed by atoms with E-state index in [-0.39, 0.29) is 38.1 Å². The van der Waals surface area contributed by atoms with Crippen LogP contribution >= 0.6 is 0 Å². The van der Waals surface area contributed by atoms with E-state index in [4.69, 9.17) is 14.2 Å². The fraction of sp³-hybridized carbons (Fsp3) is 0.824. The summed E-state index contributed by atoms with van der Waals surface area (Å²) in [5.41, 5.74) is -1.18. The van der Waals surface area contributed by atoms with E-state index in [0.29, 0.717) is 0 Å². The lowest BCUT2D eigenvalue weighted by atomic mass is 9.94. The highest BCUT2D eigenvalue weighted by Gasteiger charge is 2.32. The van der Waals surface area contributed by atoms with Gasteiger partial charge < -0.3 is 14.2 Å². The molecular weight excluding hydrogens is 396 g/mol. The molecule has 0 unspecified atom stereocenters. The summed E-state index contributed by atoms with van der Waals surface area (Å²) >= 11 is 0. The molecule has 0 saturated carbocycles. The smallest absolute Gasteiger partial charge is 0.431 e. The zero-order chi connectivity index (χ0) is 22.4. The highest BCUT2D eigenvalue weighted by Crippen LogP contribution is 2.20. The molecule has 0 aromatic rings. The molecule has 0 fully saturated rings. The van der Waals surface area contributed by atoms with Gasteiger partial charge in [-0.05, 0) is 48.5 Å². The number of hydrogen-bond donors (Lipinski definition) is 0. The molecule has 0 spiro atoms. The predicted molar refractivity (Wildman–Crippen MR) is 94.1 cm³/mol. The minimum absolute atomic E-state index is 0.357. The van der Waals surface area contributed by atoms with Crippen LogP contribution in [0.2, 0.25) is 0 Å². The molecule has 0 aromatic carbocycles. The van der Waals surface area contributed by atoms with Crippen molar-refractivity contribution in [2.75, 3.05) is 19.8 Å². The number of rotatable bonds is 12. The molecule has 0 rings (SSSR count). The summed E-state index contributed by atoms with van der Waals surface area (Å²) in [6, 6.07) is 0. The van der Waals surface area contributed by atoms with Crippen LogP contribution in [0.5, 0.6) is 0 Å². The first-order valence-electron chi connectivity index (χ1n) is 8.94. The van der Waals surface area contributed by atoms with E-state index < -0.39 is 23.9 Å². The molecular formula is C17H30O12. The van der Waals surface area contributed by atoms with Crippen molar-refractivity contribution in [1.29, 1.82) is 0 Å². The van der Waals surface area contributed by atoms with Crippen LogP contribution in [-0.2, 0) is 43.5 Å². The van der Waals surface area contributed by atoms with Crippen molar-refractivity contribution >= 4 is 18.5 Å². The summed E-state index contributed by atoms with van der Waals surface area (Å²) in [6.07, 6.45) is -4.48. The molecule has 0 aliphatic rings. The lowest BCUT2D eigenvalue weighted by Gasteiger charge is -2.27. The zero-order valence-electron chi connectivity index (χ0n) is 17.8. The monoisotopic (exact) mass is 426 g/mol. The fourth-order valence-corrected chi connectivity index (χ4v) is 1.30. The number of carbonyl (C=O) groups is 3. The van der Waals surface area contributed by atoms with E-state index >= 15 is 0 Å². The summed E-state index contributed by atoms with van der Waals surface area (Å²) in [5.74, 6) is 0. The lowest BCUT2D eigenvalue weighted by Crippen LogP contribution is -2.37. The van der Waals surface area contributed by atoms with Crippen molar-refractivity contribution in [1.82, 2.24) is 0 Å². The minimum Gasteiger partial charge on any atom is -0.431 e. The van der Waals surface area contributed by atoms with Gasteiger partial charge in [-0.3, -0.25) is 14.7 Å². The molecule has 0 amide bonds. The normalized spacial score (nSPS) is 11.4. The van der Waals surface area contributed by atoms with Gasteiger partial charge in [0.15, 0.2) is 0 Å². The third-order valence-corrected chi connectivity index (χ3v) is 2.54. The molecule has 0 saturated heterocycles. The van der Waals surface area contributed by atoms with Crippen molar-refractivity contribution in [3.63, 3.8) is 0 Å². The van der Waals surface area contributed by atoms with Gasteiger partial charge >= 0.3 is 18.5 Å². The van der Waals surface area contributed by atoms with Crippen LogP contribution in [0.4, 0.5) is 14.4 Å². The third kappa shape index (κ3) is 15.3. The van der Waals surface area contributed by atoms with E-state index in [9.17, 15) is 14.4 Å². The SMILES string of the molecule is CC(C)OOC(=O)OCC(C)(COC(=O)OOC(C)C)COC(=O)OOC(C)C.